The number of carbonyl (C=O) groups excluding carboxylic acids is 2. The van der Waals surface area contributed by atoms with E-state index in [4.69, 9.17) is 27.3 Å². The van der Waals surface area contributed by atoms with Gasteiger partial charge in [-0.25, -0.2) is 4.98 Å². The smallest absolute Gasteiger partial charge is 0.255 e. The Kier molecular flexibility index (Phi) is 9.40. The minimum Gasteiger partial charge on any atom is -0.492 e. The van der Waals surface area contributed by atoms with Gasteiger partial charge >= 0.3 is 0 Å². The summed E-state index contributed by atoms with van der Waals surface area (Å²) in [7, 11) is 0. The zero-order valence-electron chi connectivity index (χ0n) is 23.9. The number of hydrogen-bond acceptors (Lipinski definition) is 6. The Morgan fingerprint density at radius 3 is 2.60 bits per heavy atom. The quantitative estimate of drug-likeness (QED) is 0.260. The van der Waals surface area contributed by atoms with Crippen molar-refractivity contribution in [3.05, 3.63) is 118 Å². The molecule has 0 saturated carbocycles. The summed E-state index contributed by atoms with van der Waals surface area (Å²) in [4.78, 5) is 32.5. The molecule has 1 aliphatic heterocycles. The lowest BCUT2D eigenvalue weighted by Crippen LogP contribution is -2.46. The molecule has 1 unspecified atom stereocenters. The van der Waals surface area contributed by atoms with Gasteiger partial charge in [-0.05, 0) is 48.0 Å². The summed E-state index contributed by atoms with van der Waals surface area (Å²) in [5, 5.41) is 12.5. The molecule has 2 heterocycles. The number of nitrogens with two attached hydrogens (primary N) is 1. The number of aromatic nitrogens is 2. The van der Waals surface area contributed by atoms with E-state index in [9.17, 15) is 9.59 Å². The first-order chi connectivity index (χ1) is 20.9. The fourth-order valence-corrected chi connectivity index (χ4v) is 5.56. The van der Waals surface area contributed by atoms with E-state index in [1.165, 1.54) is 0 Å². The molecule has 0 bridgehead atoms. The lowest BCUT2D eigenvalue weighted by atomic mass is 9.95. The van der Waals surface area contributed by atoms with Crippen molar-refractivity contribution in [2.75, 3.05) is 13.2 Å². The number of nitriles is 1. The van der Waals surface area contributed by atoms with Gasteiger partial charge in [-0.2, -0.15) is 5.26 Å². The predicted octanol–water partition coefficient (Wildman–Crippen LogP) is 4.63. The van der Waals surface area contributed by atoms with E-state index in [1.807, 2.05) is 48.9 Å². The highest BCUT2D eigenvalue weighted by Crippen LogP contribution is 2.39. The third-order valence-electron chi connectivity index (χ3n) is 7.74. The van der Waals surface area contributed by atoms with E-state index < -0.39 is 17.9 Å². The van der Waals surface area contributed by atoms with Gasteiger partial charge in [-0.15, -0.1) is 0 Å². The Morgan fingerprint density at radius 2 is 1.91 bits per heavy atom. The van der Waals surface area contributed by atoms with Crippen LogP contribution in [0.4, 0.5) is 0 Å². The Morgan fingerprint density at radius 1 is 1.16 bits per heavy atom. The van der Waals surface area contributed by atoms with Gasteiger partial charge in [0.05, 0.1) is 35.8 Å². The van der Waals surface area contributed by atoms with Gasteiger partial charge in [0.2, 0.25) is 5.91 Å². The van der Waals surface area contributed by atoms with E-state index in [1.54, 1.807) is 30.3 Å². The maximum absolute atomic E-state index is 13.5. The molecule has 9 nitrogen and oxygen atoms in total. The highest BCUT2D eigenvalue weighted by molar-refractivity contribution is 6.30. The van der Waals surface area contributed by atoms with Gasteiger partial charge in [-0.1, -0.05) is 54.9 Å². The Balaban J connectivity index is 1.33. The monoisotopic (exact) mass is 596 g/mol. The first-order valence-electron chi connectivity index (χ1n) is 14.2. The van der Waals surface area contributed by atoms with Crippen molar-refractivity contribution in [2.24, 2.45) is 5.73 Å². The van der Waals surface area contributed by atoms with E-state index in [0.717, 1.165) is 35.3 Å². The zero-order chi connectivity index (χ0) is 30.3. The molecule has 0 saturated heterocycles. The highest BCUT2D eigenvalue weighted by atomic mass is 35.5. The summed E-state index contributed by atoms with van der Waals surface area (Å²) in [6.45, 7) is 4.63. The van der Waals surface area contributed by atoms with E-state index in [-0.39, 0.29) is 12.5 Å². The number of benzene rings is 3. The largest absolute Gasteiger partial charge is 0.492 e. The van der Waals surface area contributed by atoms with Crippen LogP contribution in [0.3, 0.4) is 0 Å². The zero-order valence-corrected chi connectivity index (χ0v) is 24.6. The maximum atomic E-state index is 13.5. The van der Waals surface area contributed by atoms with Crippen LogP contribution in [0.2, 0.25) is 5.02 Å². The maximum Gasteiger partial charge on any atom is 0.255 e. The SMILES string of the molecule is CCN(Cc1cncn1Cc1ccc(C#N)cc1)C1CCOc2c(C(=O)N[C@@H](Cc3ccc(Cl)cc3)C(N)=O)cccc21. The van der Waals surface area contributed by atoms with Crippen LogP contribution in [0.5, 0.6) is 5.75 Å². The summed E-state index contributed by atoms with van der Waals surface area (Å²) in [5.74, 6) is -0.518. The topological polar surface area (TPSA) is 126 Å². The molecular weight excluding hydrogens is 564 g/mol. The molecule has 2 amide bonds. The first kappa shape index (κ1) is 29.8. The Labute approximate surface area is 255 Å². The van der Waals surface area contributed by atoms with Gasteiger partial charge in [0.25, 0.3) is 5.91 Å². The van der Waals surface area contributed by atoms with Crippen molar-refractivity contribution in [3.63, 3.8) is 0 Å². The number of primary amides is 1. The van der Waals surface area contributed by atoms with Crippen LogP contribution in [-0.4, -0.2) is 45.5 Å². The summed E-state index contributed by atoms with van der Waals surface area (Å²) in [6, 6.07) is 21.4. The third kappa shape index (κ3) is 7.05. The second-order valence-electron chi connectivity index (χ2n) is 10.5. The average Bonchev–Trinajstić information content (AvgIpc) is 3.46. The van der Waals surface area contributed by atoms with Crippen molar-refractivity contribution in [2.45, 2.75) is 44.9 Å². The molecule has 10 heteroatoms. The number of rotatable bonds is 11. The lowest BCUT2D eigenvalue weighted by Gasteiger charge is -2.36. The molecule has 4 aromatic rings. The summed E-state index contributed by atoms with van der Waals surface area (Å²) >= 11 is 5.98. The fraction of sp³-hybridized carbons (Fsp3) is 0.273. The van der Waals surface area contributed by atoms with Gasteiger partial charge in [0.1, 0.15) is 11.8 Å². The Hall–Kier alpha value is -4.65. The molecule has 220 valence electrons. The van der Waals surface area contributed by atoms with Crippen LogP contribution in [0, 0.1) is 11.3 Å². The average molecular weight is 597 g/mol. The normalized spacial score (nSPS) is 14.8. The summed E-state index contributed by atoms with van der Waals surface area (Å²) in [6.07, 6.45) is 4.70. The van der Waals surface area contributed by atoms with Crippen molar-refractivity contribution in [1.29, 1.82) is 5.26 Å². The number of amides is 2. The minimum atomic E-state index is -0.896. The molecule has 5 rings (SSSR count). The highest BCUT2D eigenvalue weighted by Gasteiger charge is 2.31. The standard InChI is InChI=1S/C33H33ClN6O3/c1-2-39(20-26-18-37-21-40(26)19-24-8-6-23(17-35)7-9-24)30-14-15-43-31-27(30)4-3-5-28(31)33(42)38-29(32(36)41)16-22-10-12-25(34)13-11-22/h3-13,18,21,29-30H,2,14-16,19-20H2,1H3,(H2,36,41)(H,38,42)/t29-,30?/m0/s1. The van der Waals surface area contributed by atoms with Crippen LogP contribution in [0.15, 0.2) is 79.3 Å². The van der Waals surface area contributed by atoms with Crippen molar-refractivity contribution in [1.82, 2.24) is 19.8 Å². The number of nitrogens with one attached hydrogen (secondary N) is 1. The minimum absolute atomic E-state index is 0.0146. The van der Waals surface area contributed by atoms with Crippen LogP contribution >= 0.6 is 11.6 Å². The third-order valence-corrected chi connectivity index (χ3v) is 7.99. The van der Waals surface area contributed by atoms with Crippen LogP contribution in [-0.2, 0) is 24.3 Å². The van der Waals surface area contributed by atoms with Crippen molar-refractivity contribution in [3.8, 4) is 11.8 Å². The van der Waals surface area contributed by atoms with Gasteiger partial charge in [0.15, 0.2) is 0 Å². The molecule has 43 heavy (non-hydrogen) atoms. The fourth-order valence-electron chi connectivity index (χ4n) is 5.43. The molecule has 3 aromatic carbocycles. The van der Waals surface area contributed by atoms with E-state index in [0.29, 0.717) is 41.6 Å². The molecule has 0 radical (unpaired) electrons. The summed E-state index contributed by atoms with van der Waals surface area (Å²) < 4.78 is 8.18. The Bertz CT molecular complexity index is 1630. The first-order valence-corrected chi connectivity index (χ1v) is 14.6. The predicted molar refractivity (Wildman–Crippen MR) is 163 cm³/mol. The van der Waals surface area contributed by atoms with Gasteiger partial charge in [0, 0.05) is 48.8 Å². The molecule has 0 fully saturated rings. The molecule has 0 spiro atoms. The number of imidazole rings is 1. The number of para-hydroxylation sites is 1. The molecule has 1 aromatic heterocycles. The second kappa shape index (κ2) is 13.6. The molecule has 1 aliphatic rings. The molecular formula is C33H33ClN6O3. The van der Waals surface area contributed by atoms with Crippen molar-refractivity contribution >= 4 is 23.4 Å². The number of fused-ring (bicyclic) bond motifs is 1. The van der Waals surface area contributed by atoms with Crippen LogP contribution in [0.25, 0.3) is 0 Å². The van der Waals surface area contributed by atoms with Gasteiger partial charge in [-0.3, -0.25) is 14.5 Å². The molecule has 0 aliphatic carbocycles. The number of carbonyl (C=O) groups is 2. The summed E-state index contributed by atoms with van der Waals surface area (Å²) in [5.41, 5.74) is 10.5. The van der Waals surface area contributed by atoms with Crippen LogP contribution < -0.4 is 15.8 Å². The molecule has 3 N–H and O–H groups in total. The number of hydrogen-bond donors (Lipinski definition) is 2. The number of halogens is 1. The number of nitrogens with zero attached hydrogens (tertiary/aromatic N) is 4. The van der Waals surface area contributed by atoms with E-state index >= 15 is 0 Å². The second-order valence-corrected chi connectivity index (χ2v) is 11.0. The van der Waals surface area contributed by atoms with Gasteiger partial charge < -0.3 is 20.4 Å². The lowest BCUT2D eigenvalue weighted by molar-refractivity contribution is -0.119. The van der Waals surface area contributed by atoms with E-state index in [2.05, 4.69) is 32.8 Å². The number of ether oxygens (including phenoxy) is 1. The van der Waals surface area contributed by atoms with Crippen LogP contribution in [0.1, 0.15) is 57.7 Å². The molecule has 2 atom stereocenters. The van der Waals surface area contributed by atoms with Crippen molar-refractivity contribution < 1.29 is 14.3 Å².